The van der Waals surface area contributed by atoms with Crippen LogP contribution in [0.1, 0.15) is 62.6 Å². The van der Waals surface area contributed by atoms with Crippen molar-refractivity contribution in [1.29, 1.82) is 0 Å². The summed E-state index contributed by atoms with van der Waals surface area (Å²) in [5, 5.41) is 21.9. The molecule has 0 aromatic heterocycles. The van der Waals surface area contributed by atoms with Crippen LogP contribution in [0.2, 0.25) is 0 Å². The number of thioether (sulfide) groups is 1. The van der Waals surface area contributed by atoms with Crippen LogP contribution in [0, 0.1) is 6.92 Å². The van der Waals surface area contributed by atoms with Gasteiger partial charge in [0.1, 0.15) is 6.04 Å². The zero-order valence-electron chi connectivity index (χ0n) is 32.9. The Morgan fingerprint density at radius 3 is 2.13 bits per heavy atom. The van der Waals surface area contributed by atoms with E-state index in [4.69, 9.17) is 9.47 Å². The molecule has 1 saturated heterocycles. The van der Waals surface area contributed by atoms with Gasteiger partial charge in [-0.15, -0.1) is 11.8 Å². The number of amides is 1. The highest BCUT2D eigenvalue weighted by molar-refractivity contribution is 7.99. The summed E-state index contributed by atoms with van der Waals surface area (Å²) >= 11 is 1.59. The molecular weight excluding hydrogens is 797 g/mol. The van der Waals surface area contributed by atoms with E-state index in [0.717, 1.165) is 49.4 Å². The maximum Gasteiger partial charge on any atom is 0.335 e. The van der Waals surface area contributed by atoms with Crippen molar-refractivity contribution in [2.75, 3.05) is 5.75 Å². The summed E-state index contributed by atoms with van der Waals surface area (Å²) in [6.45, 7) is 2.00. The fraction of sp³-hybridized carbons (Fsp3) is 0.208. The lowest BCUT2D eigenvalue weighted by Gasteiger charge is -2.36. The molecule has 4 N–H and O–H groups in total. The van der Waals surface area contributed by atoms with Crippen molar-refractivity contribution in [2.45, 2.75) is 67.2 Å². The number of carboxylic acids is 1. The van der Waals surface area contributed by atoms with Gasteiger partial charge in [0, 0.05) is 29.2 Å². The number of sulfonamides is 1. The monoisotopic (exact) mass is 842 g/mol. The van der Waals surface area contributed by atoms with Gasteiger partial charge in [-0.05, 0) is 95.3 Å². The molecule has 1 heterocycles. The number of carboxylic acid groups (broad SMARTS) is 1. The highest BCUT2D eigenvalue weighted by atomic mass is 32.2. The van der Waals surface area contributed by atoms with Crippen molar-refractivity contribution in [3.8, 4) is 11.1 Å². The Bertz CT molecular complexity index is 2500. The van der Waals surface area contributed by atoms with Gasteiger partial charge >= 0.3 is 5.97 Å². The van der Waals surface area contributed by atoms with E-state index in [-0.39, 0.29) is 42.2 Å². The smallest absolute Gasteiger partial charge is 0.335 e. The number of aryl methyl sites for hydroxylation is 1. The number of nitrogens with one attached hydrogen (secondary N) is 2. The minimum atomic E-state index is -3.99. The summed E-state index contributed by atoms with van der Waals surface area (Å²) in [7, 11) is -3.99. The second-order valence-electron chi connectivity index (χ2n) is 14.7. The maximum atomic E-state index is 13.7. The topological polar surface area (TPSA) is 151 Å². The summed E-state index contributed by atoms with van der Waals surface area (Å²) in [5.41, 5.74) is 7.24. The zero-order chi connectivity index (χ0) is 42.1. The number of carbonyl (C=O) groups is 2. The number of ether oxygens (including phenoxy) is 2. The predicted octanol–water partition coefficient (Wildman–Crippen LogP) is 8.40. The third-order valence-corrected chi connectivity index (χ3v) is 12.9. The fourth-order valence-corrected chi connectivity index (χ4v) is 9.07. The van der Waals surface area contributed by atoms with Crippen LogP contribution in [0.3, 0.4) is 0 Å². The molecule has 6 aromatic rings. The number of carbonyl (C=O) groups excluding carboxylic acids is 1. The van der Waals surface area contributed by atoms with Crippen molar-refractivity contribution in [3.63, 3.8) is 0 Å². The Balaban J connectivity index is 1.06. The average Bonchev–Trinajstić information content (AvgIpc) is 3.28. The van der Waals surface area contributed by atoms with Crippen molar-refractivity contribution in [1.82, 2.24) is 10.0 Å². The van der Waals surface area contributed by atoms with Crippen LogP contribution in [-0.4, -0.2) is 48.4 Å². The van der Waals surface area contributed by atoms with Crippen LogP contribution < -0.4 is 10.0 Å². The standard InChI is InChI=1S/C48H46N2O8S2/c1-32-13-23-43(24-14-32)60(55,56)50-44(26-33-7-3-2-4-8-33)46(52)49-29-35-9-5-10-38(25-35)39-11-6-12-40(27-39)48-57-41(31-59-42-21-19-37(20-22-42)47(53)54)28-45(58-48)36-17-15-34(30-51)16-18-36/h2-25,27,41,44-45,48,50-51H,26,28-31H2,1H3,(H,49,52)(H,53,54)/t41-,44-,45+,48+/m1/s1. The van der Waals surface area contributed by atoms with Crippen LogP contribution in [0.15, 0.2) is 161 Å². The van der Waals surface area contributed by atoms with Gasteiger partial charge in [0.2, 0.25) is 15.9 Å². The third-order valence-electron chi connectivity index (χ3n) is 10.3. The second kappa shape index (κ2) is 19.6. The van der Waals surface area contributed by atoms with Crippen LogP contribution in [0.4, 0.5) is 0 Å². The number of aromatic carboxylic acids is 1. The first-order valence-electron chi connectivity index (χ1n) is 19.6. The lowest BCUT2D eigenvalue weighted by molar-refractivity contribution is -0.245. The van der Waals surface area contributed by atoms with Crippen LogP contribution in [-0.2, 0) is 43.9 Å². The molecule has 1 aliphatic rings. The molecule has 0 bridgehead atoms. The van der Waals surface area contributed by atoms with Crippen molar-refractivity contribution in [2.24, 2.45) is 0 Å². The number of aliphatic hydroxyl groups excluding tert-OH is 1. The number of aliphatic hydroxyl groups is 1. The Kier molecular flexibility index (Phi) is 13.9. The summed E-state index contributed by atoms with van der Waals surface area (Å²) in [6.07, 6.45) is -0.391. The second-order valence-corrected chi connectivity index (χ2v) is 17.5. The maximum absolute atomic E-state index is 13.7. The van der Waals surface area contributed by atoms with Gasteiger partial charge in [-0.25, -0.2) is 13.2 Å². The van der Waals surface area contributed by atoms with Gasteiger partial charge in [-0.2, -0.15) is 4.72 Å². The number of benzene rings is 6. The molecule has 0 aliphatic carbocycles. The molecule has 10 nitrogen and oxygen atoms in total. The van der Waals surface area contributed by atoms with E-state index in [1.807, 2.05) is 110 Å². The van der Waals surface area contributed by atoms with Gasteiger partial charge in [0.25, 0.3) is 0 Å². The van der Waals surface area contributed by atoms with Crippen molar-refractivity contribution < 1.29 is 37.7 Å². The van der Waals surface area contributed by atoms with Gasteiger partial charge in [-0.1, -0.05) is 109 Å². The van der Waals surface area contributed by atoms with E-state index < -0.39 is 34.2 Å². The van der Waals surface area contributed by atoms with Gasteiger partial charge in [0.15, 0.2) is 6.29 Å². The van der Waals surface area contributed by atoms with E-state index in [2.05, 4.69) is 10.0 Å². The molecule has 1 amide bonds. The van der Waals surface area contributed by atoms with Gasteiger partial charge < -0.3 is 25.0 Å². The molecule has 0 saturated carbocycles. The predicted molar refractivity (Wildman–Crippen MR) is 232 cm³/mol. The third kappa shape index (κ3) is 11.2. The summed E-state index contributed by atoms with van der Waals surface area (Å²) in [5.74, 6) is -0.799. The van der Waals surface area contributed by atoms with E-state index in [1.54, 1.807) is 48.2 Å². The van der Waals surface area contributed by atoms with Gasteiger partial charge in [-0.3, -0.25) is 4.79 Å². The SMILES string of the molecule is Cc1ccc(S(=O)(=O)N[C@H](Cc2ccccc2)C(=O)NCc2cccc(-c3cccc([C@H]4O[C@@H](CSc5ccc(C(=O)O)cc5)C[C@@H](c5ccc(CO)cc5)O4)c3)c2)cc1. The quantitative estimate of drug-likeness (QED) is 0.0705. The molecule has 308 valence electrons. The number of hydrogen-bond acceptors (Lipinski definition) is 8. The molecule has 60 heavy (non-hydrogen) atoms. The molecule has 0 unspecified atom stereocenters. The lowest BCUT2D eigenvalue weighted by Crippen LogP contribution is -2.47. The number of rotatable bonds is 16. The first-order valence-corrected chi connectivity index (χ1v) is 22.1. The molecule has 1 fully saturated rings. The Labute approximate surface area is 354 Å². The minimum Gasteiger partial charge on any atom is -0.478 e. The Morgan fingerprint density at radius 1 is 0.750 bits per heavy atom. The average molecular weight is 843 g/mol. The summed E-state index contributed by atoms with van der Waals surface area (Å²) in [6, 6.07) is 45.0. The van der Waals surface area contributed by atoms with Crippen LogP contribution in [0.25, 0.3) is 11.1 Å². The highest BCUT2D eigenvalue weighted by Crippen LogP contribution is 2.40. The van der Waals surface area contributed by atoms with Crippen LogP contribution >= 0.6 is 11.8 Å². The van der Waals surface area contributed by atoms with Gasteiger partial charge in [0.05, 0.1) is 29.3 Å². The van der Waals surface area contributed by atoms with Crippen molar-refractivity contribution in [3.05, 3.63) is 191 Å². The van der Waals surface area contributed by atoms with E-state index in [1.165, 1.54) is 12.1 Å². The summed E-state index contributed by atoms with van der Waals surface area (Å²) in [4.78, 5) is 26.1. The highest BCUT2D eigenvalue weighted by Gasteiger charge is 2.33. The van der Waals surface area contributed by atoms with E-state index in [0.29, 0.717) is 12.2 Å². The van der Waals surface area contributed by atoms with E-state index >= 15 is 0 Å². The van der Waals surface area contributed by atoms with Crippen LogP contribution in [0.5, 0.6) is 0 Å². The molecule has 6 aromatic carbocycles. The lowest BCUT2D eigenvalue weighted by atomic mass is 9.99. The summed E-state index contributed by atoms with van der Waals surface area (Å²) < 4.78 is 42.6. The fourth-order valence-electron chi connectivity index (χ4n) is 6.95. The Morgan fingerprint density at radius 2 is 1.43 bits per heavy atom. The largest absolute Gasteiger partial charge is 0.478 e. The first-order chi connectivity index (χ1) is 29.0. The van der Waals surface area contributed by atoms with E-state index in [9.17, 15) is 28.2 Å². The number of hydrogen-bond donors (Lipinski definition) is 4. The zero-order valence-corrected chi connectivity index (χ0v) is 34.6. The van der Waals surface area contributed by atoms with Crippen molar-refractivity contribution >= 4 is 33.7 Å². The molecule has 0 spiro atoms. The molecule has 7 rings (SSSR count). The first kappa shape index (κ1) is 42.5. The Hall–Kier alpha value is -5.60. The normalized spacial score (nSPS) is 17.1. The minimum absolute atomic E-state index is 0.0529. The molecular formula is C48H46N2O8S2. The molecule has 4 atom stereocenters. The molecule has 0 radical (unpaired) electrons. The molecule has 12 heteroatoms. The molecule has 1 aliphatic heterocycles.